The molecule has 0 aliphatic heterocycles. The molecule has 2 heteroatoms. The van der Waals surface area contributed by atoms with Gasteiger partial charge in [0.05, 0.1) is 6.61 Å². The summed E-state index contributed by atoms with van der Waals surface area (Å²) in [5.41, 5.74) is 0.681. The molecular formula is C28H48O2. The van der Waals surface area contributed by atoms with E-state index in [4.69, 9.17) is 4.74 Å². The molecule has 0 heterocycles. The lowest BCUT2D eigenvalue weighted by atomic mass is 10.0. The Morgan fingerprint density at radius 3 is 1.50 bits per heavy atom. The van der Waals surface area contributed by atoms with Crippen molar-refractivity contribution < 1.29 is 9.53 Å². The number of rotatable bonds is 22. The molecule has 30 heavy (non-hydrogen) atoms. The Kier molecular flexibility index (Phi) is 18.7. The third-order valence-electron chi connectivity index (χ3n) is 6.01. The summed E-state index contributed by atoms with van der Waals surface area (Å²) in [6, 6.07) is 7.40. The molecule has 0 fully saturated rings. The highest BCUT2D eigenvalue weighted by molar-refractivity contribution is 5.75. The third kappa shape index (κ3) is 16.5. The molecule has 0 saturated carbocycles. The van der Waals surface area contributed by atoms with Crippen molar-refractivity contribution in [2.45, 2.75) is 129 Å². The van der Waals surface area contributed by atoms with Crippen LogP contribution in [0, 0.1) is 0 Å². The lowest BCUT2D eigenvalue weighted by molar-refractivity contribution is 0.112. The van der Waals surface area contributed by atoms with E-state index < -0.39 is 0 Å². The van der Waals surface area contributed by atoms with Crippen LogP contribution in [0.3, 0.4) is 0 Å². The number of carbonyl (C=O) groups is 1. The first-order chi connectivity index (χ1) is 14.9. The quantitative estimate of drug-likeness (QED) is 0.139. The van der Waals surface area contributed by atoms with E-state index >= 15 is 0 Å². The van der Waals surface area contributed by atoms with Crippen LogP contribution in [0.25, 0.3) is 0 Å². The smallest absolute Gasteiger partial charge is 0.150 e. The summed E-state index contributed by atoms with van der Waals surface area (Å²) in [7, 11) is 0. The van der Waals surface area contributed by atoms with Gasteiger partial charge >= 0.3 is 0 Å². The van der Waals surface area contributed by atoms with Gasteiger partial charge in [0.1, 0.15) is 12.0 Å². The third-order valence-corrected chi connectivity index (χ3v) is 6.01. The fourth-order valence-electron chi connectivity index (χ4n) is 4.05. The Morgan fingerprint density at radius 2 is 1.07 bits per heavy atom. The SMILES string of the molecule is CCCCCCCCCCCCCCCCCCCCCOc1cccc(C=O)c1. The molecule has 0 unspecified atom stereocenters. The summed E-state index contributed by atoms with van der Waals surface area (Å²) in [4.78, 5) is 10.8. The van der Waals surface area contributed by atoms with Crippen molar-refractivity contribution in [3.05, 3.63) is 29.8 Å². The minimum Gasteiger partial charge on any atom is -0.494 e. The number of ether oxygens (including phenoxy) is 1. The highest BCUT2D eigenvalue weighted by Gasteiger charge is 1.97. The van der Waals surface area contributed by atoms with E-state index in [0.29, 0.717) is 5.56 Å². The summed E-state index contributed by atoms with van der Waals surface area (Å²) in [6.07, 6.45) is 27.4. The Morgan fingerprint density at radius 1 is 0.633 bits per heavy atom. The maximum Gasteiger partial charge on any atom is 0.150 e. The molecule has 0 aromatic heterocycles. The predicted molar refractivity (Wildman–Crippen MR) is 131 cm³/mol. The molecule has 0 amide bonds. The van der Waals surface area contributed by atoms with Gasteiger partial charge in [0.15, 0.2) is 0 Å². The standard InChI is InChI=1S/C28H48O2/c1-2-3-4-5-6-7-8-9-10-11-12-13-14-15-16-17-18-19-20-24-30-28-23-21-22-27(25-28)26-29/h21-23,25-26H,2-20,24H2,1H3. The number of carbonyl (C=O) groups excluding carboxylic acids is 1. The van der Waals surface area contributed by atoms with Crippen LogP contribution < -0.4 is 4.74 Å². The maximum atomic E-state index is 10.8. The Balaban J connectivity index is 1.73. The maximum absolute atomic E-state index is 10.8. The van der Waals surface area contributed by atoms with Gasteiger partial charge in [0.25, 0.3) is 0 Å². The summed E-state index contributed by atoms with van der Waals surface area (Å²) < 4.78 is 5.72. The normalized spacial score (nSPS) is 11.0. The molecule has 0 saturated heterocycles. The van der Waals surface area contributed by atoms with Gasteiger partial charge in [-0.15, -0.1) is 0 Å². The van der Waals surface area contributed by atoms with Crippen LogP contribution in [0.15, 0.2) is 24.3 Å². The van der Waals surface area contributed by atoms with Gasteiger partial charge in [-0.1, -0.05) is 135 Å². The monoisotopic (exact) mass is 416 g/mol. The molecule has 0 radical (unpaired) electrons. The van der Waals surface area contributed by atoms with Crippen molar-refractivity contribution in [1.29, 1.82) is 0 Å². The highest BCUT2D eigenvalue weighted by Crippen LogP contribution is 2.15. The first kappa shape index (κ1) is 26.7. The number of hydrogen-bond acceptors (Lipinski definition) is 2. The van der Waals surface area contributed by atoms with Crippen LogP contribution in [0.4, 0.5) is 0 Å². The molecule has 1 rings (SSSR count). The topological polar surface area (TPSA) is 26.3 Å². The summed E-state index contributed by atoms with van der Waals surface area (Å²) in [5, 5.41) is 0. The second kappa shape index (κ2) is 20.9. The number of hydrogen-bond donors (Lipinski definition) is 0. The fourth-order valence-corrected chi connectivity index (χ4v) is 4.05. The van der Waals surface area contributed by atoms with Crippen LogP contribution in [-0.4, -0.2) is 12.9 Å². The van der Waals surface area contributed by atoms with E-state index in [1.165, 1.54) is 116 Å². The molecule has 2 nitrogen and oxygen atoms in total. The summed E-state index contributed by atoms with van der Waals surface area (Å²) >= 11 is 0. The van der Waals surface area contributed by atoms with Crippen molar-refractivity contribution >= 4 is 6.29 Å². The lowest BCUT2D eigenvalue weighted by Crippen LogP contribution is -1.97. The van der Waals surface area contributed by atoms with E-state index in [-0.39, 0.29) is 0 Å². The molecule has 0 bridgehead atoms. The molecule has 1 aromatic rings. The average Bonchev–Trinajstić information content (AvgIpc) is 2.78. The van der Waals surface area contributed by atoms with Gasteiger partial charge in [-0.3, -0.25) is 4.79 Å². The minimum absolute atomic E-state index is 0.681. The van der Waals surface area contributed by atoms with E-state index in [2.05, 4.69) is 6.92 Å². The van der Waals surface area contributed by atoms with Crippen LogP contribution in [0.1, 0.15) is 139 Å². The van der Waals surface area contributed by atoms with Gasteiger partial charge in [0, 0.05) is 5.56 Å². The Labute approximate surface area is 187 Å². The minimum atomic E-state index is 0.681. The van der Waals surface area contributed by atoms with Crippen LogP contribution >= 0.6 is 0 Å². The average molecular weight is 417 g/mol. The number of unbranched alkanes of at least 4 members (excludes halogenated alkanes) is 18. The summed E-state index contributed by atoms with van der Waals surface area (Å²) in [5.74, 6) is 0.807. The molecule has 0 aliphatic rings. The largest absolute Gasteiger partial charge is 0.494 e. The number of aldehydes is 1. The molecule has 0 spiro atoms. The predicted octanol–water partition coefficient (Wildman–Crippen LogP) is 9.31. The van der Waals surface area contributed by atoms with E-state index in [1.807, 2.05) is 18.2 Å². The molecule has 0 N–H and O–H groups in total. The van der Waals surface area contributed by atoms with Crippen molar-refractivity contribution in [2.24, 2.45) is 0 Å². The zero-order valence-corrected chi connectivity index (χ0v) is 19.8. The van der Waals surface area contributed by atoms with Gasteiger partial charge in [-0.2, -0.15) is 0 Å². The summed E-state index contributed by atoms with van der Waals surface area (Å²) in [6.45, 7) is 3.04. The van der Waals surface area contributed by atoms with Crippen molar-refractivity contribution in [3.63, 3.8) is 0 Å². The van der Waals surface area contributed by atoms with Gasteiger partial charge in [0.2, 0.25) is 0 Å². The molecule has 172 valence electrons. The molecule has 0 aliphatic carbocycles. The van der Waals surface area contributed by atoms with Gasteiger partial charge in [-0.25, -0.2) is 0 Å². The lowest BCUT2D eigenvalue weighted by Gasteiger charge is -2.06. The van der Waals surface area contributed by atoms with Crippen LogP contribution in [0.5, 0.6) is 5.75 Å². The van der Waals surface area contributed by atoms with E-state index in [9.17, 15) is 4.79 Å². The molecule has 0 atom stereocenters. The Bertz CT molecular complexity index is 497. The van der Waals surface area contributed by atoms with E-state index in [0.717, 1.165) is 25.1 Å². The van der Waals surface area contributed by atoms with Gasteiger partial charge in [-0.05, 0) is 18.6 Å². The zero-order chi connectivity index (χ0) is 21.5. The number of benzene rings is 1. The second-order valence-corrected chi connectivity index (χ2v) is 8.90. The first-order valence-electron chi connectivity index (χ1n) is 13.0. The van der Waals surface area contributed by atoms with Crippen molar-refractivity contribution in [2.75, 3.05) is 6.61 Å². The Hall–Kier alpha value is -1.31. The van der Waals surface area contributed by atoms with Crippen molar-refractivity contribution in [1.82, 2.24) is 0 Å². The first-order valence-corrected chi connectivity index (χ1v) is 13.0. The van der Waals surface area contributed by atoms with Gasteiger partial charge < -0.3 is 4.74 Å². The molecular weight excluding hydrogens is 368 g/mol. The van der Waals surface area contributed by atoms with Crippen molar-refractivity contribution in [3.8, 4) is 5.75 Å². The fraction of sp³-hybridized carbons (Fsp3) is 0.750. The molecule has 1 aromatic carbocycles. The highest BCUT2D eigenvalue weighted by atomic mass is 16.5. The van der Waals surface area contributed by atoms with Crippen LogP contribution in [-0.2, 0) is 0 Å². The van der Waals surface area contributed by atoms with Crippen LogP contribution in [0.2, 0.25) is 0 Å². The second-order valence-electron chi connectivity index (χ2n) is 8.90. The zero-order valence-electron chi connectivity index (χ0n) is 19.8. The van der Waals surface area contributed by atoms with E-state index in [1.54, 1.807) is 6.07 Å².